The molecule has 0 bridgehead atoms. The molecular formula is C12H15NO2S. The van der Waals surface area contributed by atoms with Crippen molar-refractivity contribution in [3.05, 3.63) is 29.8 Å². The number of ketones is 1. The molecule has 1 aromatic carbocycles. The predicted octanol–water partition coefficient (Wildman–Crippen LogP) is 1.49. The lowest BCUT2D eigenvalue weighted by molar-refractivity contribution is 0.0371. The number of rotatable bonds is 3. The molecule has 3 nitrogen and oxygen atoms in total. The van der Waals surface area contributed by atoms with Gasteiger partial charge < -0.3 is 4.74 Å². The van der Waals surface area contributed by atoms with Crippen molar-refractivity contribution in [1.29, 1.82) is 0 Å². The summed E-state index contributed by atoms with van der Waals surface area (Å²) in [5.74, 6) is 0.162. The minimum atomic E-state index is 0.162. The number of thiol groups is 1. The van der Waals surface area contributed by atoms with E-state index in [1.165, 1.54) is 0 Å². The van der Waals surface area contributed by atoms with Crippen LogP contribution in [0.25, 0.3) is 0 Å². The molecule has 1 aliphatic heterocycles. The summed E-state index contributed by atoms with van der Waals surface area (Å²) in [5.41, 5.74) is 0.754. The average Bonchev–Trinajstić information content (AvgIpc) is 2.31. The van der Waals surface area contributed by atoms with Crippen LogP contribution in [0.4, 0.5) is 0 Å². The maximum Gasteiger partial charge on any atom is 0.176 e. The Morgan fingerprint density at radius 2 is 1.88 bits per heavy atom. The Balaban J connectivity index is 1.94. The lowest BCUT2D eigenvalue weighted by Crippen LogP contribution is -2.39. The number of ether oxygens (including phenoxy) is 1. The second-order valence-corrected chi connectivity index (χ2v) is 4.37. The third-order valence-corrected chi connectivity index (χ3v) is 2.96. The molecule has 16 heavy (non-hydrogen) atoms. The molecule has 1 aromatic rings. The lowest BCUT2D eigenvalue weighted by Gasteiger charge is -2.25. The maximum atomic E-state index is 11.9. The number of benzene rings is 1. The molecule has 0 radical (unpaired) electrons. The summed E-state index contributed by atoms with van der Waals surface area (Å²) in [7, 11) is 0. The van der Waals surface area contributed by atoms with Crippen LogP contribution in [-0.4, -0.2) is 43.5 Å². The van der Waals surface area contributed by atoms with Crippen molar-refractivity contribution in [3.63, 3.8) is 0 Å². The van der Waals surface area contributed by atoms with Gasteiger partial charge in [0.1, 0.15) is 0 Å². The minimum absolute atomic E-state index is 0.162. The average molecular weight is 237 g/mol. The van der Waals surface area contributed by atoms with E-state index in [-0.39, 0.29) is 5.78 Å². The van der Waals surface area contributed by atoms with Crippen LogP contribution in [0.1, 0.15) is 10.4 Å². The highest BCUT2D eigenvalue weighted by atomic mass is 32.1. The fourth-order valence-electron chi connectivity index (χ4n) is 1.70. The first kappa shape index (κ1) is 11.6. The number of hydrogen-bond acceptors (Lipinski definition) is 4. The van der Waals surface area contributed by atoms with Crippen molar-refractivity contribution in [3.8, 4) is 0 Å². The molecule has 0 aliphatic carbocycles. The first-order valence-electron chi connectivity index (χ1n) is 5.38. The van der Waals surface area contributed by atoms with Gasteiger partial charge in [0.25, 0.3) is 0 Å². The summed E-state index contributed by atoms with van der Waals surface area (Å²) < 4.78 is 5.24. The van der Waals surface area contributed by atoms with E-state index in [0.29, 0.717) is 6.54 Å². The molecule has 86 valence electrons. The van der Waals surface area contributed by atoms with Crippen LogP contribution in [0.15, 0.2) is 29.2 Å². The molecule has 0 saturated carbocycles. The quantitative estimate of drug-likeness (QED) is 0.638. The van der Waals surface area contributed by atoms with Gasteiger partial charge in [0.15, 0.2) is 5.78 Å². The zero-order valence-corrected chi connectivity index (χ0v) is 9.95. The molecule has 1 saturated heterocycles. The predicted molar refractivity (Wildman–Crippen MR) is 65.3 cm³/mol. The van der Waals surface area contributed by atoms with Gasteiger partial charge in [0.2, 0.25) is 0 Å². The first-order valence-corrected chi connectivity index (χ1v) is 5.83. The highest BCUT2D eigenvalue weighted by molar-refractivity contribution is 7.80. The van der Waals surface area contributed by atoms with E-state index >= 15 is 0 Å². The minimum Gasteiger partial charge on any atom is -0.379 e. The molecule has 4 heteroatoms. The first-order chi connectivity index (χ1) is 7.75. The van der Waals surface area contributed by atoms with E-state index < -0.39 is 0 Å². The molecular weight excluding hydrogens is 222 g/mol. The number of carbonyl (C=O) groups excluding carboxylic acids is 1. The number of carbonyl (C=O) groups is 1. The van der Waals surface area contributed by atoms with Gasteiger partial charge >= 0.3 is 0 Å². The Morgan fingerprint density at radius 1 is 1.25 bits per heavy atom. The van der Waals surface area contributed by atoms with Crippen molar-refractivity contribution >= 4 is 18.4 Å². The van der Waals surface area contributed by atoms with Crippen molar-refractivity contribution in [1.82, 2.24) is 4.90 Å². The lowest BCUT2D eigenvalue weighted by atomic mass is 10.1. The molecule has 0 amide bonds. The summed E-state index contributed by atoms with van der Waals surface area (Å²) in [5, 5.41) is 0. The fraction of sp³-hybridized carbons (Fsp3) is 0.417. The summed E-state index contributed by atoms with van der Waals surface area (Å²) in [6.45, 7) is 3.62. The normalized spacial score (nSPS) is 17.3. The highest BCUT2D eigenvalue weighted by Gasteiger charge is 2.14. The van der Waals surface area contributed by atoms with Crippen LogP contribution in [0.3, 0.4) is 0 Å². The van der Waals surface area contributed by atoms with E-state index in [4.69, 9.17) is 4.74 Å². The Kier molecular flexibility index (Phi) is 3.98. The van der Waals surface area contributed by atoms with Gasteiger partial charge in [-0.1, -0.05) is 12.1 Å². The van der Waals surface area contributed by atoms with E-state index in [1.54, 1.807) is 0 Å². The Labute approximate surface area is 101 Å². The molecule has 0 spiro atoms. The maximum absolute atomic E-state index is 11.9. The third-order valence-electron chi connectivity index (χ3n) is 2.66. The van der Waals surface area contributed by atoms with Crippen LogP contribution in [0, 0.1) is 0 Å². The van der Waals surface area contributed by atoms with Crippen LogP contribution >= 0.6 is 12.6 Å². The van der Waals surface area contributed by atoms with Crippen LogP contribution in [-0.2, 0) is 4.74 Å². The van der Waals surface area contributed by atoms with Crippen molar-refractivity contribution in [2.45, 2.75) is 4.90 Å². The number of morpholine rings is 1. The van der Waals surface area contributed by atoms with E-state index in [2.05, 4.69) is 17.5 Å². The van der Waals surface area contributed by atoms with Gasteiger partial charge in [-0.3, -0.25) is 9.69 Å². The van der Waals surface area contributed by atoms with Crippen LogP contribution < -0.4 is 0 Å². The zero-order chi connectivity index (χ0) is 11.4. The molecule has 1 fully saturated rings. The topological polar surface area (TPSA) is 29.5 Å². The van der Waals surface area contributed by atoms with E-state index in [0.717, 1.165) is 36.8 Å². The molecule has 0 N–H and O–H groups in total. The van der Waals surface area contributed by atoms with Gasteiger partial charge in [-0.15, -0.1) is 12.6 Å². The number of nitrogens with zero attached hydrogens (tertiary/aromatic N) is 1. The van der Waals surface area contributed by atoms with Gasteiger partial charge in [0.05, 0.1) is 19.8 Å². The van der Waals surface area contributed by atoms with Crippen molar-refractivity contribution in [2.75, 3.05) is 32.8 Å². The van der Waals surface area contributed by atoms with Crippen molar-refractivity contribution in [2.24, 2.45) is 0 Å². The Hall–Kier alpha value is -0.840. The number of hydrogen-bond donors (Lipinski definition) is 1. The largest absolute Gasteiger partial charge is 0.379 e. The fourth-order valence-corrected chi connectivity index (χ4v) is 1.85. The van der Waals surface area contributed by atoms with Gasteiger partial charge in [0, 0.05) is 23.5 Å². The molecule has 0 atom stereocenters. The van der Waals surface area contributed by atoms with Gasteiger partial charge in [-0.25, -0.2) is 0 Å². The second kappa shape index (κ2) is 5.48. The Morgan fingerprint density at radius 3 is 2.50 bits per heavy atom. The summed E-state index contributed by atoms with van der Waals surface area (Å²) in [4.78, 5) is 14.9. The molecule has 2 rings (SSSR count). The number of Topliss-reactive ketones (excluding diaryl/α,β-unsaturated/α-hetero) is 1. The monoisotopic (exact) mass is 237 g/mol. The Bertz CT molecular complexity index is 358. The summed E-state index contributed by atoms with van der Waals surface area (Å²) >= 11 is 4.19. The van der Waals surface area contributed by atoms with E-state index in [9.17, 15) is 4.79 Å². The van der Waals surface area contributed by atoms with Gasteiger partial charge in [-0.2, -0.15) is 0 Å². The summed E-state index contributed by atoms with van der Waals surface area (Å²) in [6.07, 6.45) is 0. The molecule has 0 unspecified atom stereocenters. The standard InChI is InChI=1S/C12H15NO2S/c14-12(9-13-5-7-15-8-6-13)10-1-3-11(16)4-2-10/h1-4,16H,5-9H2. The second-order valence-electron chi connectivity index (χ2n) is 3.86. The smallest absolute Gasteiger partial charge is 0.176 e. The summed E-state index contributed by atoms with van der Waals surface area (Å²) in [6, 6.07) is 7.33. The van der Waals surface area contributed by atoms with E-state index in [1.807, 2.05) is 24.3 Å². The molecule has 0 aromatic heterocycles. The SMILES string of the molecule is O=C(CN1CCOCC1)c1ccc(S)cc1. The molecule has 1 aliphatic rings. The third kappa shape index (κ3) is 3.07. The van der Waals surface area contributed by atoms with Crippen molar-refractivity contribution < 1.29 is 9.53 Å². The zero-order valence-electron chi connectivity index (χ0n) is 9.06. The van der Waals surface area contributed by atoms with Crippen LogP contribution in [0.5, 0.6) is 0 Å². The highest BCUT2D eigenvalue weighted by Crippen LogP contribution is 2.09. The van der Waals surface area contributed by atoms with Gasteiger partial charge in [-0.05, 0) is 12.1 Å². The van der Waals surface area contributed by atoms with Crippen LogP contribution in [0.2, 0.25) is 0 Å². The molecule has 1 heterocycles.